The summed E-state index contributed by atoms with van der Waals surface area (Å²) in [7, 11) is -10.9. The van der Waals surface area contributed by atoms with E-state index in [0.717, 1.165) is 49.3 Å². The van der Waals surface area contributed by atoms with E-state index in [-0.39, 0.29) is 5.56 Å². The van der Waals surface area contributed by atoms with Gasteiger partial charge < -0.3 is 20.7 Å². The number of thioether (sulfide) groups is 1. The Morgan fingerprint density at radius 3 is 2.28 bits per heavy atom. The van der Waals surface area contributed by atoms with E-state index in [1.807, 2.05) is 47.2 Å². The lowest BCUT2D eigenvalue weighted by molar-refractivity contribution is -0.0435. The molecule has 0 aromatic heterocycles. The molecule has 4 aromatic rings. The smallest absolute Gasteiger partial charge is 0.384 e. The van der Waals surface area contributed by atoms with Crippen LogP contribution >= 0.6 is 23.4 Å². The first kappa shape index (κ1) is 46.4. The number of nitrogens with zero attached hydrogens (tertiary/aromatic N) is 1. The van der Waals surface area contributed by atoms with E-state index in [2.05, 4.69) is 33.0 Å². The van der Waals surface area contributed by atoms with Crippen LogP contribution in [0.5, 0.6) is 0 Å². The van der Waals surface area contributed by atoms with Crippen LogP contribution in [0.1, 0.15) is 48.0 Å². The van der Waals surface area contributed by atoms with Crippen LogP contribution in [0.15, 0.2) is 117 Å². The van der Waals surface area contributed by atoms with Gasteiger partial charge in [0.05, 0.1) is 23.8 Å². The number of nitrogens with one attached hydrogen (secondary N) is 4. The molecule has 1 saturated heterocycles. The predicted molar refractivity (Wildman–Crippen MR) is 235 cm³/mol. The van der Waals surface area contributed by atoms with Crippen LogP contribution in [0.3, 0.4) is 0 Å². The van der Waals surface area contributed by atoms with Gasteiger partial charge in [-0.2, -0.15) is 13.2 Å². The molecule has 6 rings (SSSR count). The Kier molecular flexibility index (Phi) is 16.2. The fourth-order valence-electron chi connectivity index (χ4n) is 7.11. The van der Waals surface area contributed by atoms with Crippen molar-refractivity contribution in [1.29, 1.82) is 0 Å². The summed E-state index contributed by atoms with van der Waals surface area (Å²) in [6, 6.07) is 25.2. The first-order chi connectivity index (χ1) is 29.2. The van der Waals surface area contributed by atoms with Crippen LogP contribution in [0.2, 0.25) is 5.02 Å². The minimum atomic E-state index is -6.05. The van der Waals surface area contributed by atoms with Crippen molar-refractivity contribution in [3.05, 3.63) is 119 Å². The molecule has 0 unspecified atom stereocenters. The van der Waals surface area contributed by atoms with Crippen molar-refractivity contribution in [2.24, 2.45) is 0 Å². The number of ether oxygens (including phenoxy) is 1. The lowest BCUT2D eigenvalue weighted by Crippen LogP contribution is -2.39. The topological polar surface area (TPSA) is 146 Å². The number of benzene rings is 4. The summed E-state index contributed by atoms with van der Waals surface area (Å²) in [5.74, 6) is -0.680. The summed E-state index contributed by atoms with van der Waals surface area (Å²) in [6.07, 6.45) is 4.78. The Bertz CT molecular complexity index is 2350. The summed E-state index contributed by atoms with van der Waals surface area (Å²) in [6.45, 7) is 4.98. The largest absolute Gasteiger partial charge is 0.501 e. The minimum absolute atomic E-state index is 0.0355. The average Bonchev–Trinajstić information content (AvgIpc) is 3.25. The molecule has 1 atom stereocenters. The molecule has 0 radical (unpaired) electrons. The molecule has 4 aromatic carbocycles. The third kappa shape index (κ3) is 13.0. The van der Waals surface area contributed by atoms with Crippen molar-refractivity contribution in [2.45, 2.75) is 58.3 Å². The summed E-state index contributed by atoms with van der Waals surface area (Å²) in [4.78, 5) is 14.1. The molecule has 0 bridgehead atoms. The molecule has 4 N–H and O–H groups in total. The van der Waals surface area contributed by atoms with E-state index in [4.69, 9.17) is 16.3 Å². The summed E-state index contributed by atoms with van der Waals surface area (Å²) >= 11 is 7.53. The molecule has 61 heavy (non-hydrogen) atoms. The van der Waals surface area contributed by atoms with Gasteiger partial charge in [0.15, 0.2) is 0 Å². The van der Waals surface area contributed by atoms with E-state index in [1.54, 1.807) is 12.1 Å². The third-order valence-corrected chi connectivity index (χ3v) is 14.7. The number of carbonyl (C=O) groups is 1. The second-order valence-electron chi connectivity index (χ2n) is 14.7. The molecule has 0 spiro atoms. The molecule has 1 amide bonds. The van der Waals surface area contributed by atoms with Crippen molar-refractivity contribution in [3.63, 3.8) is 0 Å². The first-order valence-electron chi connectivity index (χ1n) is 20.0. The number of rotatable bonds is 19. The maximum atomic E-state index is 14.1. The maximum Gasteiger partial charge on any atom is 0.501 e. The zero-order valence-corrected chi connectivity index (χ0v) is 36.6. The van der Waals surface area contributed by atoms with Gasteiger partial charge in [0.1, 0.15) is 4.90 Å². The molecule has 328 valence electrons. The number of sulfone groups is 1. The number of morpholine rings is 1. The fraction of sp³-hybridized carbons (Fsp3) is 0.372. The number of sulfonamides is 1. The molecular weight excluding hydrogens is 871 g/mol. The van der Waals surface area contributed by atoms with Crippen LogP contribution in [-0.2, 0) is 24.6 Å². The number of allylic oxidation sites excluding steroid dienone is 1. The van der Waals surface area contributed by atoms with E-state index in [0.29, 0.717) is 74.9 Å². The van der Waals surface area contributed by atoms with Gasteiger partial charge in [-0.1, -0.05) is 47.5 Å². The zero-order valence-electron chi connectivity index (χ0n) is 33.3. The van der Waals surface area contributed by atoms with Crippen LogP contribution in [0.25, 0.3) is 5.57 Å². The second kappa shape index (κ2) is 21.3. The summed E-state index contributed by atoms with van der Waals surface area (Å²) in [5, 5.41) is 10.4. The average molecular weight is 921 g/mol. The van der Waals surface area contributed by atoms with E-state index >= 15 is 0 Å². The molecular formula is C43H49ClF3N5O6S3. The predicted octanol–water partition coefficient (Wildman–Crippen LogP) is 8.08. The molecule has 2 aliphatic rings. The van der Waals surface area contributed by atoms with Crippen molar-refractivity contribution >= 4 is 66.1 Å². The van der Waals surface area contributed by atoms with Crippen LogP contribution in [0.4, 0.5) is 24.5 Å². The second-order valence-corrected chi connectivity index (χ2v) is 19.8. The number of carbonyl (C=O) groups excluding carboxylic acids is 1. The van der Waals surface area contributed by atoms with Crippen molar-refractivity contribution in [3.8, 4) is 0 Å². The summed E-state index contributed by atoms with van der Waals surface area (Å²) < 4.78 is 102. The molecule has 11 nitrogen and oxygen atoms in total. The normalized spacial score (nSPS) is 15.9. The monoisotopic (exact) mass is 919 g/mol. The van der Waals surface area contributed by atoms with E-state index in [9.17, 15) is 34.8 Å². The molecule has 1 aliphatic heterocycles. The van der Waals surface area contributed by atoms with Gasteiger partial charge in [-0.3, -0.25) is 9.69 Å². The highest BCUT2D eigenvalue weighted by Crippen LogP contribution is 2.37. The van der Waals surface area contributed by atoms with Crippen LogP contribution in [-0.4, -0.2) is 97.4 Å². The highest BCUT2D eigenvalue weighted by molar-refractivity contribution is 7.99. The highest BCUT2D eigenvalue weighted by Gasteiger charge is 2.48. The van der Waals surface area contributed by atoms with Gasteiger partial charge >= 0.3 is 5.51 Å². The number of anilines is 2. The summed E-state index contributed by atoms with van der Waals surface area (Å²) in [5.41, 5.74) is -1.58. The first-order valence-corrected chi connectivity index (χ1v) is 24.3. The lowest BCUT2D eigenvalue weighted by Gasteiger charge is -2.29. The van der Waals surface area contributed by atoms with Gasteiger partial charge in [0, 0.05) is 72.2 Å². The third-order valence-electron chi connectivity index (χ3n) is 10.4. The number of halogens is 4. The Hall–Kier alpha value is -4.10. The number of amides is 1. The maximum absolute atomic E-state index is 14.1. The van der Waals surface area contributed by atoms with Crippen molar-refractivity contribution in [2.75, 3.05) is 68.9 Å². The van der Waals surface area contributed by atoms with E-state index in [1.165, 1.54) is 40.6 Å². The Morgan fingerprint density at radius 1 is 0.869 bits per heavy atom. The van der Waals surface area contributed by atoms with E-state index < -0.39 is 52.8 Å². The SMILES string of the molecule is O=C(NS(=O)(=O)c1ccc(N[C@H](CCN2CCOCC2)CSc2ccccc2)c(S(=O)(=O)C(F)(F)F)c1)c1ccc(NCCNCC2=C(c3ccc(Cl)cc3)CCCC2)cc1. The molecule has 0 saturated carbocycles. The Morgan fingerprint density at radius 2 is 1.57 bits per heavy atom. The van der Waals surface area contributed by atoms with Gasteiger partial charge in [-0.05, 0) is 110 Å². The molecule has 1 aliphatic carbocycles. The zero-order chi connectivity index (χ0) is 43.5. The molecule has 18 heteroatoms. The van der Waals surface area contributed by atoms with Gasteiger partial charge in [0.25, 0.3) is 25.8 Å². The van der Waals surface area contributed by atoms with Crippen LogP contribution in [0, 0.1) is 0 Å². The highest BCUT2D eigenvalue weighted by atomic mass is 35.5. The minimum Gasteiger partial charge on any atom is -0.384 e. The van der Waals surface area contributed by atoms with Gasteiger partial charge in [0.2, 0.25) is 0 Å². The van der Waals surface area contributed by atoms with Crippen molar-refractivity contribution < 1.29 is 39.5 Å². The van der Waals surface area contributed by atoms with Crippen LogP contribution < -0.4 is 20.7 Å². The fourth-order valence-corrected chi connectivity index (χ4v) is 10.2. The lowest BCUT2D eigenvalue weighted by atomic mass is 9.87. The number of hydrogen-bond acceptors (Lipinski definition) is 11. The van der Waals surface area contributed by atoms with Crippen molar-refractivity contribution in [1.82, 2.24) is 14.9 Å². The standard InChI is InChI=1S/C43H49ClF3N5O6S3/c44-34-14-10-31(11-15-34)39-9-5-4-6-33(39)29-48-21-22-49-35-16-12-32(13-17-35)42(53)51-61(56,57)38-18-19-40(41(28-38)60(54,55)43(45,46)47)50-36(20-23-52-24-26-58-27-25-52)30-59-37-7-2-1-3-8-37/h1-3,7-8,10-19,28,36,48-50H,4-6,9,20-27,29-30H2,(H,51,53)/t36-/m1/s1. The molecule has 1 fully saturated rings. The number of alkyl halides is 3. The van der Waals surface area contributed by atoms with Gasteiger partial charge in [-0.15, -0.1) is 11.8 Å². The molecule has 1 heterocycles. The van der Waals surface area contributed by atoms with Gasteiger partial charge in [-0.25, -0.2) is 21.6 Å². The Labute approximate surface area is 364 Å². The quantitative estimate of drug-likeness (QED) is 0.0535. The Balaban J connectivity index is 1.09. The number of hydrogen-bond donors (Lipinski definition) is 4.